The smallest absolute Gasteiger partial charge is 0.243 e. The highest BCUT2D eigenvalue weighted by Crippen LogP contribution is 2.27. The summed E-state index contributed by atoms with van der Waals surface area (Å²) in [6, 6.07) is 7.21. The van der Waals surface area contributed by atoms with Crippen LogP contribution in [0.4, 0.5) is 0 Å². The minimum Gasteiger partial charge on any atom is -0.277 e. The zero-order valence-electron chi connectivity index (χ0n) is 11.6. The fourth-order valence-electron chi connectivity index (χ4n) is 2.63. The van der Waals surface area contributed by atoms with E-state index in [9.17, 15) is 18.0 Å². The van der Waals surface area contributed by atoms with Gasteiger partial charge in [0.05, 0.1) is 22.6 Å². The molecular weight excluding hydrogens is 306 g/mol. The van der Waals surface area contributed by atoms with E-state index in [-0.39, 0.29) is 48.7 Å². The Balaban J connectivity index is 1.72. The summed E-state index contributed by atoms with van der Waals surface area (Å²) >= 11 is 0. The molecule has 0 unspecified atom stereocenters. The lowest BCUT2D eigenvalue weighted by Crippen LogP contribution is -2.62. The van der Waals surface area contributed by atoms with Crippen molar-refractivity contribution in [1.29, 1.82) is 5.26 Å². The van der Waals surface area contributed by atoms with Crippen LogP contribution in [0.25, 0.3) is 0 Å². The summed E-state index contributed by atoms with van der Waals surface area (Å²) in [6.45, 7) is 0.250. The molecule has 2 aliphatic heterocycles. The first-order chi connectivity index (χ1) is 10.4. The number of nitrogens with zero attached hydrogens (tertiary/aromatic N) is 3. The highest BCUT2D eigenvalue weighted by atomic mass is 32.2. The normalized spacial score (nSPS) is 20.0. The monoisotopic (exact) mass is 319 g/mol. The Morgan fingerprint density at radius 3 is 2.09 bits per heavy atom. The first-order valence-corrected chi connectivity index (χ1v) is 8.22. The lowest BCUT2D eigenvalue weighted by molar-refractivity contribution is -0.143. The Hall–Kier alpha value is -2.24. The van der Waals surface area contributed by atoms with Gasteiger partial charge in [-0.05, 0) is 24.3 Å². The molecule has 22 heavy (non-hydrogen) atoms. The van der Waals surface area contributed by atoms with E-state index in [2.05, 4.69) is 0 Å². The Bertz CT molecular complexity index is 757. The zero-order chi connectivity index (χ0) is 15.9. The molecular formula is C14H13N3O4S. The summed E-state index contributed by atoms with van der Waals surface area (Å²) in [4.78, 5) is 24.5. The first-order valence-electron chi connectivity index (χ1n) is 6.78. The van der Waals surface area contributed by atoms with Crippen molar-refractivity contribution in [1.82, 2.24) is 9.21 Å². The van der Waals surface area contributed by atoms with Crippen LogP contribution < -0.4 is 0 Å². The van der Waals surface area contributed by atoms with Crippen LogP contribution in [-0.4, -0.2) is 48.6 Å². The van der Waals surface area contributed by atoms with Gasteiger partial charge in [0.2, 0.25) is 21.8 Å². The van der Waals surface area contributed by atoms with Crippen LogP contribution in [0.2, 0.25) is 0 Å². The number of nitriles is 1. The number of rotatable bonds is 3. The van der Waals surface area contributed by atoms with Gasteiger partial charge in [-0.25, -0.2) is 8.42 Å². The zero-order valence-corrected chi connectivity index (χ0v) is 12.4. The molecule has 7 nitrogen and oxygen atoms in total. The summed E-state index contributed by atoms with van der Waals surface area (Å²) < 4.78 is 26.0. The second-order valence-corrected chi connectivity index (χ2v) is 7.21. The lowest BCUT2D eigenvalue weighted by atomic mass is 10.1. The molecule has 114 valence electrons. The van der Waals surface area contributed by atoms with E-state index in [1.807, 2.05) is 6.07 Å². The minimum absolute atomic E-state index is 0.101. The third kappa shape index (κ3) is 2.28. The molecule has 2 heterocycles. The quantitative estimate of drug-likeness (QED) is 0.735. The van der Waals surface area contributed by atoms with Crippen molar-refractivity contribution in [2.45, 2.75) is 23.8 Å². The molecule has 8 heteroatoms. The number of amides is 2. The Morgan fingerprint density at radius 2 is 1.59 bits per heavy atom. The molecule has 2 fully saturated rings. The van der Waals surface area contributed by atoms with Crippen molar-refractivity contribution < 1.29 is 18.0 Å². The molecule has 0 N–H and O–H groups in total. The number of carbonyl (C=O) groups excluding carboxylic acids is 2. The number of imide groups is 1. The van der Waals surface area contributed by atoms with Crippen molar-refractivity contribution in [2.75, 3.05) is 13.1 Å². The number of likely N-dealkylation sites (tertiary alicyclic amines) is 1. The molecule has 0 aliphatic carbocycles. The van der Waals surface area contributed by atoms with Crippen LogP contribution in [0.1, 0.15) is 18.4 Å². The average molecular weight is 319 g/mol. The first kappa shape index (κ1) is 14.7. The molecule has 1 aromatic rings. The highest BCUT2D eigenvalue weighted by molar-refractivity contribution is 7.89. The maximum atomic E-state index is 12.4. The van der Waals surface area contributed by atoms with Gasteiger partial charge in [0.15, 0.2) is 0 Å². The van der Waals surface area contributed by atoms with Crippen molar-refractivity contribution >= 4 is 21.8 Å². The minimum atomic E-state index is -3.65. The molecule has 3 rings (SSSR count). The number of benzene rings is 1. The van der Waals surface area contributed by atoms with Gasteiger partial charge >= 0.3 is 0 Å². The highest BCUT2D eigenvalue weighted by Gasteiger charge is 2.45. The predicted octanol–water partition coefficient (Wildman–Crippen LogP) is 0.0802. The fraction of sp³-hybridized carbons (Fsp3) is 0.357. The van der Waals surface area contributed by atoms with Gasteiger partial charge in [0.1, 0.15) is 0 Å². The summed E-state index contributed by atoms with van der Waals surface area (Å²) in [5.41, 5.74) is 0.383. The molecule has 0 spiro atoms. The van der Waals surface area contributed by atoms with Gasteiger partial charge < -0.3 is 0 Å². The van der Waals surface area contributed by atoms with Crippen molar-refractivity contribution in [3.05, 3.63) is 29.8 Å². The number of hydrogen-bond donors (Lipinski definition) is 0. The Kier molecular flexibility index (Phi) is 3.47. The average Bonchev–Trinajstić information content (AvgIpc) is 2.78. The van der Waals surface area contributed by atoms with Gasteiger partial charge in [-0.2, -0.15) is 9.57 Å². The van der Waals surface area contributed by atoms with Crippen molar-refractivity contribution in [3.63, 3.8) is 0 Å². The number of sulfonamides is 1. The Morgan fingerprint density at radius 1 is 1.05 bits per heavy atom. The third-order valence-corrected chi connectivity index (χ3v) is 5.75. The summed E-state index contributed by atoms with van der Waals surface area (Å²) in [7, 11) is -3.65. The summed E-state index contributed by atoms with van der Waals surface area (Å²) in [6.07, 6.45) is 0.412. The van der Waals surface area contributed by atoms with E-state index in [0.29, 0.717) is 5.56 Å². The maximum absolute atomic E-state index is 12.4. The number of hydrogen-bond acceptors (Lipinski definition) is 5. The third-order valence-electron chi connectivity index (χ3n) is 3.91. The molecule has 0 saturated carbocycles. The van der Waals surface area contributed by atoms with E-state index < -0.39 is 10.0 Å². The molecule has 0 aromatic heterocycles. The molecule has 0 atom stereocenters. The second kappa shape index (κ2) is 5.19. The van der Waals surface area contributed by atoms with Gasteiger partial charge in [0, 0.05) is 25.9 Å². The van der Waals surface area contributed by atoms with E-state index >= 15 is 0 Å². The van der Waals surface area contributed by atoms with E-state index in [1.165, 1.54) is 33.5 Å². The second-order valence-electron chi connectivity index (χ2n) is 5.27. The largest absolute Gasteiger partial charge is 0.277 e. The molecule has 0 bridgehead atoms. The van der Waals surface area contributed by atoms with Gasteiger partial charge in [-0.1, -0.05) is 0 Å². The molecule has 2 amide bonds. The van der Waals surface area contributed by atoms with Crippen molar-refractivity contribution in [3.8, 4) is 6.07 Å². The van der Waals surface area contributed by atoms with Gasteiger partial charge in [-0.3, -0.25) is 14.5 Å². The van der Waals surface area contributed by atoms with Gasteiger partial charge in [-0.15, -0.1) is 0 Å². The lowest BCUT2D eigenvalue weighted by Gasteiger charge is -2.41. The Labute approximate surface area is 127 Å². The molecule has 2 aliphatic rings. The SMILES string of the molecule is N#Cc1ccc(S(=O)(=O)N2CC(N3C(=O)CCC3=O)C2)cc1. The molecule has 2 saturated heterocycles. The maximum Gasteiger partial charge on any atom is 0.243 e. The standard InChI is InChI=1S/C14H13N3O4S/c15-7-10-1-3-12(4-2-10)22(20,21)16-8-11(9-16)17-13(18)5-6-14(17)19/h1-4,11H,5-6,8-9H2. The molecule has 1 aromatic carbocycles. The van der Waals surface area contributed by atoms with Crippen LogP contribution in [-0.2, 0) is 19.6 Å². The van der Waals surface area contributed by atoms with Crippen LogP contribution in [0.3, 0.4) is 0 Å². The van der Waals surface area contributed by atoms with E-state index in [1.54, 1.807) is 0 Å². The number of carbonyl (C=O) groups is 2. The fourth-order valence-corrected chi connectivity index (χ4v) is 4.14. The van der Waals surface area contributed by atoms with Crippen LogP contribution in [0, 0.1) is 11.3 Å². The van der Waals surface area contributed by atoms with Crippen molar-refractivity contribution in [2.24, 2.45) is 0 Å². The van der Waals surface area contributed by atoms with Crippen LogP contribution >= 0.6 is 0 Å². The van der Waals surface area contributed by atoms with Gasteiger partial charge in [0.25, 0.3) is 0 Å². The molecule has 0 radical (unpaired) electrons. The summed E-state index contributed by atoms with van der Waals surface area (Å²) in [5, 5.41) is 8.72. The van der Waals surface area contributed by atoms with E-state index in [0.717, 1.165) is 0 Å². The van der Waals surface area contributed by atoms with Crippen LogP contribution in [0.5, 0.6) is 0 Å². The topological polar surface area (TPSA) is 98.5 Å². The van der Waals surface area contributed by atoms with Crippen LogP contribution in [0.15, 0.2) is 29.2 Å². The summed E-state index contributed by atoms with van der Waals surface area (Å²) in [5.74, 6) is -0.462. The van der Waals surface area contributed by atoms with E-state index in [4.69, 9.17) is 5.26 Å². The predicted molar refractivity (Wildman–Crippen MR) is 74.8 cm³/mol.